The molecule has 9 nitrogen and oxygen atoms in total. The van der Waals surface area contributed by atoms with Crippen LogP contribution < -0.4 is 10.6 Å². The Kier molecular flexibility index (Phi) is 8.90. The van der Waals surface area contributed by atoms with Crippen molar-refractivity contribution < 1.29 is 9.34 Å². The van der Waals surface area contributed by atoms with Gasteiger partial charge in [-0.2, -0.15) is 11.8 Å². The maximum absolute atomic E-state index is 10.7. The van der Waals surface area contributed by atoms with Crippen LogP contribution in [0.2, 0.25) is 0 Å². The Balaban J connectivity index is 1.60. The molecule has 0 saturated carbocycles. The highest BCUT2D eigenvalue weighted by Crippen LogP contribution is 2.15. The molecule has 0 spiro atoms. The summed E-state index contributed by atoms with van der Waals surface area (Å²) in [5, 5.41) is 17.5. The Morgan fingerprint density at radius 3 is 2.92 bits per heavy atom. The van der Waals surface area contributed by atoms with E-state index in [1.807, 2.05) is 6.92 Å². The molecule has 2 rings (SSSR count). The van der Waals surface area contributed by atoms with E-state index >= 15 is 0 Å². The summed E-state index contributed by atoms with van der Waals surface area (Å²) < 4.78 is 5.13. The molecule has 0 aliphatic heterocycles. The minimum atomic E-state index is -0.460. The molecule has 0 aliphatic carbocycles. The number of nitrogens with zero attached hydrogens (tertiary/aromatic N) is 3. The third kappa shape index (κ3) is 7.83. The molecule has 3 N–H and O–H groups in total. The zero-order chi connectivity index (χ0) is 18.6. The number of nitrogens with one attached hydrogen (secondary N) is 3. The molecule has 2 aromatic rings. The Morgan fingerprint density at radius 2 is 2.23 bits per heavy atom. The second-order valence-corrected chi connectivity index (χ2v) is 7.35. The van der Waals surface area contributed by atoms with Gasteiger partial charge in [0.05, 0.1) is 23.1 Å². The van der Waals surface area contributed by atoms with Gasteiger partial charge >= 0.3 is 0 Å². The van der Waals surface area contributed by atoms with Gasteiger partial charge in [-0.1, -0.05) is 11.8 Å². The highest BCUT2D eigenvalue weighted by atomic mass is 32.2. The summed E-state index contributed by atoms with van der Waals surface area (Å²) in [4.78, 5) is 21.6. The van der Waals surface area contributed by atoms with Gasteiger partial charge in [0.25, 0.3) is 11.4 Å². The van der Waals surface area contributed by atoms with Crippen LogP contribution in [-0.2, 0) is 5.75 Å². The average Bonchev–Trinajstić information content (AvgIpc) is 3.25. The van der Waals surface area contributed by atoms with E-state index < -0.39 is 4.92 Å². The number of aryl methyl sites for hydroxylation is 1. The van der Waals surface area contributed by atoms with E-state index in [0.717, 1.165) is 41.3 Å². The lowest BCUT2D eigenvalue weighted by Crippen LogP contribution is -2.29. The van der Waals surface area contributed by atoms with Crippen LogP contribution in [0.4, 0.5) is 0 Å². The molecule has 11 heteroatoms. The lowest BCUT2D eigenvalue weighted by Gasteiger charge is -2.11. The van der Waals surface area contributed by atoms with Gasteiger partial charge < -0.3 is 20.0 Å². The maximum atomic E-state index is 10.7. The average molecular weight is 399 g/mol. The zero-order valence-electron chi connectivity index (χ0n) is 14.4. The molecule has 0 amide bonds. The molecule has 26 heavy (non-hydrogen) atoms. The molecular formula is C15H22N6O3S2. The number of hydrogen-bond donors (Lipinski definition) is 3. The molecule has 0 saturated heterocycles. The molecule has 142 valence electrons. The van der Waals surface area contributed by atoms with Crippen molar-refractivity contribution >= 4 is 23.5 Å². The lowest BCUT2D eigenvalue weighted by atomic mass is 10.4. The topological polar surface area (TPSA) is 122 Å². The molecule has 2 heterocycles. The van der Waals surface area contributed by atoms with Gasteiger partial charge in [0, 0.05) is 36.0 Å². The molecular weight excluding hydrogens is 376 g/mol. The van der Waals surface area contributed by atoms with Crippen molar-refractivity contribution in [2.24, 2.45) is 0 Å². The summed E-state index contributed by atoms with van der Waals surface area (Å²) >= 11 is 3.25. The SMILES string of the molecule is Cc1nc[nH]c1CSCCNC(=C[N+](=O)[O-])NCCCSc1ncco1. The Morgan fingerprint density at radius 1 is 1.38 bits per heavy atom. The minimum Gasteiger partial charge on any atom is -0.440 e. The summed E-state index contributed by atoms with van der Waals surface area (Å²) in [6, 6.07) is 0. The number of rotatable bonds is 13. The number of aromatic amines is 1. The molecule has 2 aromatic heterocycles. The lowest BCUT2D eigenvalue weighted by molar-refractivity contribution is -0.404. The fourth-order valence-electron chi connectivity index (χ4n) is 1.96. The number of oxazole rings is 1. The molecule has 0 radical (unpaired) electrons. The first kappa shape index (κ1) is 20.2. The first-order valence-corrected chi connectivity index (χ1v) is 10.2. The molecule has 0 unspecified atom stereocenters. The number of thioether (sulfide) groups is 2. The number of imidazole rings is 1. The van der Waals surface area contributed by atoms with Crippen molar-refractivity contribution in [3.05, 3.63) is 52.3 Å². The fourth-order valence-corrected chi connectivity index (χ4v) is 3.57. The molecule has 0 aromatic carbocycles. The summed E-state index contributed by atoms with van der Waals surface area (Å²) in [7, 11) is 0. The van der Waals surface area contributed by atoms with Crippen LogP contribution in [0.1, 0.15) is 17.8 Å². The van der Waals surface area contributed by atoms with Gasteiger partial charge in [0.1, 0.15) is 6.26 Å². The van der Waals surface area contributed by atoms with E-state index in [4.69, 9.17) is 4.42 Å². The van der Waals surface area contributed by atoms with Crippen LogP contribution in [0.5, 0.6) is 0 Å². The number of hydrogen-bond acceptors (Lipinski definition) is 9. The highest BCUT2D eigenvalue weighted by molar-refractivity contribution is 7.99. The first-order valence-electron chi connectivity index (χ1n) is 8.07. The van der Waals surface area contributed by atoms with E-state index in [9.17, 15) is 10.1 Å². The summed E-state index contributed by atoms with van der Waals surface area (Å²) in [5.41, 5.74) is 2.11. The number of nitro groups is 1. The standard InChI is InChI=1S/C15H22N6O3S2/c1-12-13(20-11-19-12)10-25-8-5-17-14(9-21(22)23)16-3-2-7-26-15-18-4-6-24-15/h4,6,9,11,16-17H,2-3,5,7-8,10H2,1H3,(H,19,20). The predicted molar refractivity (Wildman–Crippen MR) is 102 cm³/mol. The second kappa shape index (κ2) is 11.5. The first-order chi connectivity index (χ1) is 12.6. The second-order valence-electron chi connectivity index (χ2n) is 5.20. The summed E-state index contributed by atoms with van der Waals surface area (Å²) in [5.74, 6) is 2.91. The predicted octanol–water partition coefficient (Wildman–Crippen LogP) is 2.38. The third-order valence-corrected chi connectivity index (χ3v) is 5.18. The van der Waals surface area contributed by atoms with Crippen molar-refractivity contribution in [1.29, 1.82) is 0 Å². The quantitative estimate of drug-likeness (QED) is 0.202. The van der Waals surface area contributed by atoms with Crippen molar-refractivity contribution in [3.8, 4) is 0 Å². The van der Waals surface area contributed by atoms with Gasteiger partial charge in [-0.05, 0) is 13.3 Å². The molecule has 0 aliphatic rings. The van der Waals surface area contributed by atoms with Gasteiger partial charge in [0.15, 0.2) is 5.82 Å². The molecule has 0 bridgehead atoms. The highest BCUT2D eigenvalue weighted by Gasteiger charge is 2.04. The Labute approximate surface area is 160 Å². The largest absolute Gasteiger partial charge is 0.440 e. The van der Waals surface area contributed by atoms with Gasteiger partial charge in [-0.25, -0.2) is 9.97 Å². The molecule has 0 fully saturated rings. The zero-order valence-corrected chi connectivity index (χ0v) is 16.1. The van der Waals surface area contributed by atoms with Crippen LogP contribution in [0.15, 0.2) is 40.4 Å². The van der Waals surface area contributed by atoms with Gasteiger partial charge in [-0.3, -0.25) is 10.1 Å². The normalized spacial score (nSPS) is 11.5. The van der Waals surface area contributed by atoms with Gasteiger partial charge in [-0.15, -0.1) is 0 Å². The van der Waals surface area contributed by atoms with Crippen molar-refractivity contribution in [2.75, 3.05) is 24.6 Å². The summed E-state index contributed by atoms with van der Waals surface area (Å²) in [6.07, 6.45) is 6.62. The van der Waals surface area contributed by atoms with Crippen molar-refractivity contribution in [1.82, 2.24) is 25.6 Å². The summed E-state index contributed by atoms with van der Waals surface area (Å²) in [6.45, 7) is 3.23. The van der Waals surface area contributed by atoms with Gasteiger partial charge in [0.2, 0.25) is 0 Å². The third-order valence-electron chi connectivity index (χ3n) is 3.25. The maximum Gasteiger partial charge on any atom is 0.274 e. The number of H-pyrrole nitrogens is 1. The Bertz CT molecular complexity index is 689. The minimum absolute atomic E-state index is 0.425. The smallest absolute Gasteiger partial charge is 0.274 e. The van der Waals surface area contributed by atoms with E-state index in [0.29, 0.717) is 24.1 Å². The van der Waals surface area contributed by atoms with E-state index in [-0.39, 0.29) is 0 Å². The van der Waals surface area contributed by atoms with Crippen LogP contribution in [0.3, 0.4) is 0 Å². The van der Waals surface area contributed by atoms with Crippen LogP contribution in [0.25, 0.3) is 0 Å². The van der Waals surface area contributed by atoms with Crippen LogP contribution in [0, 0.1) is 17.0 Å². The monoisotopic (exact) mass is 398 g/mol. The van der Waals surface area contributed by atoms with Crippen LogP contribution in [-0.4, -0.2) is 44.5 Å². The van der Waals surface area contributed by atoms with Crippen molar-refractivity contribution in [2.45, 2.75) is 24.3 Å². The van der Waals surface area contributed by atoms with Crippen molar-refractivity contribution in [3.63, 3.8) is 0 Å². The fraction of sp³-hybridized carbons (Fsp3) is 0.467. The molecule has 0 atom stereocenters. The van der Waals surface area contributed by atoms with E-state index in [1.165, 1.54) is 18.0 Å². The Hall–Kier alpha value is -2.14. The van der Waals surface area contributed by atoms with E-state index in [1.54, 1.807) is 24.3 Å². The van der Waals surface area contributed by atoms with E-state index in [2.05, 4.69) is 25.6 Å². The number of aromatic nitrogens is 3. The van der Waals surface area contributed by atoms with Crippen LogP contribution >= 0.6 is 23.5 Å².